The van der Waals surface area contributed by atoms with Crippen LogP contribution in [-0.4, -0.2) is 43.3 Å². The molecule has 0 spiro atoms. The number of nitrogens with zero attached hydrogens (tertiary/aromatic N) is 1. The summed E-state index contributed by atoms with van der Waals surface area (Å²) in [5.41, 5.74) is 6.31. The highest BCUT2D eigenvalue weighted by atomic mass is 16.5. The molecular weight excluding hydrogens is 200 g/mol. The van der Waals surface area contributed by atoms with Crippen molar-refractivity contribution in [2.24, 2.45) is 5.73 Å². The van der Waals surface area contributed by atoms with Crippen LogP contribution < -0.4 is 5.73 Å². The van der Waals surface area contributed by atoms with Gasteiger partial charge in [0.2, 0.25) is 0 Å². The molecule has 2 N–H and O–H groups in total. The Labute approximate surface area is 100 Å². The van der Waals surface area contributed by atoms with Crippen molar-refractivity contribution in [2.45, 2.75) is 64.1 Å². The van der Waals surface area contributed by atoms with Gasteiger partial charge in [0, 0.05) is 25.2 Å². The summed E-state index contributed by atoms with van der Waals surface area (Å²) in [6.45, 7) is 6.34. The molecule has 1 fully saturated rings. The molecule has 0 aliphatic heterocycles. The van der Waals surface area contributed by atoms with E-state index in [0.717, 1.165) is 13.2 Å². The van der Waals surface area contributed by atoms with Crippen LogP contribution >= 0.6 is 0 Å². The predicted molar refractivity (Wildman–Crippen MR) is 68.6 cm³/mol. The lowest BCUT2D eigenvalue weighted by Gasteiger charge is -2.38. The lowest BCUT2D eigenvalue weighted by molar-refractivity contribution is 0.0612. The van der Waals surface area contributed by atoms with Crippen LogP contribution in [0, 0.1) is 0 Å². The Morgan fingerprint density at radius 3 is 2.62 bits per heavy atom. The van der Waals surface area contributed by atoms with E-state index >= 15 is 0 Å². The second-order valence-corrected chi connectivity index (χ2v) is 5.00. The van der Waals surface area contributed by atoms with Gasteiger partial charge in [0.25, 0.3) is 0 Å². The molecule has 96 valence electrons. The maximum atomic E-state index is 6.31. The van der Waals surface area contributed by atoms with Gasteiger partial charge in [-0.3, -0.25) is 4.90 Å². The molecule has 3 unspecified atom stereocenters. The van der Waals surface area contributed by atoms with Crippen LogP contribution in [0.2, 0.25) is 0 Å². The van der Waals surface area contributed by atoms with Crippen molar-refractivity contribution in [1.82, 2.24) is 4.90 Å². The minimum Gasteiger partial charge on any atom is -0.383 e. The number of hydrogen-bond acceptors (Lipinski definition) is 3. The van der Waals surface area contributed by atoms with Crippen LogP contribution in [0.15, 0.2) is 0 Å². The SMILES string of the molecule is CCN(C(C)COC)C1CCCCCC1N. The van der Waals surface area contributed by atoms with Crippen molar-refractivity contribution in [1.29, 1.82) is 0 Å². The monoisotopic (exact) mass is 228 g/mol. The first kappa shape index (κ1) is 13.9. The van der Waals surface area contributed by atoms with Gasteiger partial charge in [0.05, 0.1) is 6.61 Å². The Morgan fingerprint density at radius 2 is 2.00 bits per heavy atom. The van der Waals surface area contributed by atoms with Gasteiger partial charge in [0.15, 0.2) is 0 Å². The standard InChI is InChI=1S/C13H28N2O/c1-4-15(11(2)10-16-3)13-9-7-5-6-8-12(13)14/h11-13H,4-10,14H2,1-3H3. The highest BCUT2D eigenvalue weighted by Gasteiger charge is 2.28. The molecule has 3 nitrogen and oxygen atoms in total. The molecule has 0 aromatic rings. The fraction of sp³-hybridized carbons (Fsp3) is 1.00. The summed E-state index contributed by atoms with van der Waals surface area (Å²) in [7, 11) is 1.78. The first-order valence-electron chi connectivity index (χ1n) is 6.71. The van der Waals surface area contributed by atoms with E-state index in [1.165, 1.54) is 32.1 Å². The van der Waals surface area contributed by atoms with Gasteiger partial charge in [-0.1, -0.05) is 26.2 Å². The topological polar surface area (TPSA) is 38.5 Å². The molecule has 16 heavy (non-hydrogen) atoms. The Kier molecular flexibility index (Phi) is 6.32. The van der Waals surface area contributed by atoms with E-state index in [9.17, 15) is 0 Å². The zero-order valence-electron chi connectivity index (χ0n) is 11.1. The Bertz CT molecular complexity index is 187. The molecule has 0 saturated heterocycles. The molecule has 0 bridgehead atoms. The molecule has 0 aromatic heterocycles. The zero-order chi connectivity index (χ0) is 12.0. The first-order valence-corrected chi connectivity index (χ1v) is 6.71. The largest absolute Gasteiger partial charge is 0.383 e. The van der Waals surface area contributed by atoms with E-state index in [1.807, 2.05) is 0 Å². The number of likely N-dealkylation sites (N-methyl/N-ethyl adjacent to an activating group) is 1. The molecule has 1 rings (SSSR count). The highest BCUT2D eigenvalue weighted by molar-refractivity contribution is 4.86. The third kappa shape index (κ3) is 3.72. The van der Waals surface area contributed by atoms with Crippen molar-refractivity contribution < 1.29 is 4.74 Å². The maximum Gasteiger partial charge on any atom is 0.0615 e. The fourth-order valence-corrected chi connectivity index (χ4v) is 2.94. The van der Waals surface area contributed by atoms with Crippen LogP contribution in [0.1, 0.15) is 46.0 Å². The summed E-state index contributed by atoms with van der Waals surface area (Å²) in [6, 6.07) is 1.38. The van der Waals surface area contributed by atoms with Gasteiger partial charge in [0.1, 0.15) is 0 Å². The van der Waals surface area contributed by atoms with Crippen LogP contribution in [-0.2, 0) is 4.74 Å². The van der Waals surface area contributed by atoms with E-state index in [4.69, 9.17) is 10.5 Å². The summed E-state index contributed by atoms with van der Waals surface area (Å²) in [4.78, 5) is 2.53. The Morgan fingerprint density at radius 1 is 1.31 bits per heavy atom. The zero-order valence-corrected chi connectivity index (χ0v) is 11.1. The summed E-state index contributed by atoms with van der Waals surface area (Å²) in [5, 5.41) is 0. The van der Waals surface area contributed by atoms with Crippen LogP contribution in [0.5, 0.6) is 0 Å². The molecule has 1 saturated carbocycles. The first-order chi connectivity index (χ1) is 7.70. The van der Waals surface area contributed by atoms with E-state index < -0.39 is 0 Å². The molecule has 3 atom stereocenters. The summed E-state index contributed by atoms with van der Waals surface area (Å²) in [6.07, 6.45) is 6.41. The molecule has 0 radical (unpaired) electrons. The number of methoxy groups -OCH3 is 1. The maximum absolute atomic E-state index is 6.31. The third-order valence-corrected chi connectivity index (χ3v) is 3.80. The lowest BCUT2D eigenvalue weighted by Crippen LogP contribution is -2.51. The highest BCUT2D eigenvalue weighted by Crippen LogP contribution is 2.22. The van der Waals surface area contributed by atoms with Gasteiger partial charge in [-0.2, -0.15) is 0 Å². The molecule has 0 amide bonds. The van der Waals surface area contributed by atoms with E-state index in [1.54, 1.807) is 7.11 Å². The molecule has 0 aromatic carbocycles. The predicted octanol–water partition coefficient (Wildman–Crippen LogP) is 2.00. The second-order valence-electron chi connectivity index (χ2n) is 5.00. The molecule has 1 aliphatic rings. The Hall–Kier alpha value is -0.120. The normalized spacial score (nSPS) is 29.1. The number of ether oxygens (including phenoxy) is 1. The number of hydrogen-bond donors (Lipinski definition) is 1. The van der Waals surface area contributed by atoms with E-state index in [-0.39, 0.29) is 0 Å². The molecular formula is C13H28N2O. The van der Waals surface area contributed by atoms with Crippen molar-refractivity contribution in [3.05, 3.63) is 0 Å². The quantitative estimate of drug-likeness (QED) is 0.732. The van der Waals surface area contributed by atoms with Crippen molar-refractivity contribution in [3.63, 3.8) is 0 Å². The summed E-state index contributed by atoms with van der Waals surface area (Å²) < 4.78 is 5.26. The average molecular weight is 228 g/mol. The summed E-state index contributed by atoms with van der Waals surface area (Å²) >= 11 is 0. The van der Waals surface area contributed by atoms with Gasteiger partial charge in [-0.15, -0.1) is 0 Å². The molecule has 3 heteroatoms. The van der Waals surface area contributed by atoms with Crippen molar-refractivity contribution in [2.75, 3.05) is 20.3 Å². The van der Waals surface area contributed by atoms with Crippen LogP contribution in [0.25, 0.3) is 0 Å². The van der Waals surface area contributed by atoms with Crippen molar-refractivity contribution in [3.8, 4) is 0 Å². The van der Waals surface area contributed by atoms with Gasteiger partial charge < -0.3 is 10.5 Å². The second kappa shape index (κ2) is 7.25. The van der Waals surface area contributed by atoms with Gasteiger partial charge in [-0.05, 0) is 26.3 Å². The smallest absolute Gasteiger partial charge is 0.0615 e. The molecule has 1 aliphatic carbocycles. The van der Waals surface area contributed by atoms with E-state index in [2.05, 4.69) is 18.7 Å². The average Bonchev–Trinajstić information content (AvgIpc) is 2.46. The molecule has 0 heterocycles. The minimum absolute atomic E-state index is 0.349. The lowest BCUT2D eigenvalue weighted by atomic mass is 10.0. The third-order valence-electron chi connectivity index (χ3n) is 3.80. The minimum atomic E-state index is 0.349. The van der Waals surface area contributed by atoms with E-state index in [0.29, 0.717) is 18.1 Å². The summed E-state index contributed by atoms with van der Waals surface area (Å²) in [5.74, 6) is 0. The van der Waals surface area contributed by atoms with Crippen molar-refractivity contribution >= 4 is 0 Å². The van der Waals surface area contributed by atoms with Gasteiger partial charge in [-0.25, -0.2) is 0 Å². The fourth-order valence-electron chi connectivity index (χ4n) is 2.94. The number of nitrogens with two attached hydrogens (primary N) is 1. The van der Waals surface area contributed by atoms with Gasteiger partial charge >= 0.3 is 0 Å². The Balaban J connectivity index is 2.60. The number of rotatable bonds is 5. The van der Waals surface area contributed by atoms with Crippen LogP contribution in [0.3, 0.4) is 0 Å². The van der Waals surface area contributed by atoms with Crippen LogP contribution in [0.4, 0.5) is 0 Å².